The lowest BCUT2D eigenvalue weighted by atomic mass is 10.2. The number of hydrogen-bond acceptors (Lipinski definition) is 7. The van der Waals surface area contributed by atoms with E-state index in [9.17, 15) is 9.59 Å². The molecule has 9 heteroatoms. The zero-order chi connectivity index (χ0) is 29.8. The molecule has 41 heavy (non-hydrogen) atoms. The number of unbranched alkanes of at least 4 members (excludes halogenated alkanes) is 2. The van der Waals surface area contributed by atoms with Crippen LogP contribution < -0.4 is 18.9 Å². The van der Waals surface area contributed by atoms with Gasteiger partial charge in [0.1, 0.15) is 18.1 Å². The van der Waals surface area contributed by atoms with Crippen molar-refractivity contribution in [3.63, 3.8) is 0 Å². The summed E-state index contributed by atoms with van der Waals surface area (Å²) in [4.78, 5) is 28.5. The maximum Gasteiger partial charge on any atom is 0.359 e. The number of hydrogen-bond donors (Lipinski definition) is 0. The Morgan fingerprint density at radius 1 is 0.756 bits per heavy atom. The van der Waals surface area contributed by atoms with E-state index in [4.69, 9.17) is 23.7 Å². The predicted octanol–water partition coefficient (Wildman–Crippen LogP) is 6.30. The molecule has 3 aromatic rings. The van der Waals surface area contributed by atoms with Gasteiger partial charge in [0.25, 0.3) is 5.91 Å². The van der Waals surface area contributed by atoms with Crippen LogP contribution in [0.5, 0.6) is 23.0 Å². The molecule has 1 heterocycles. The van der Waals surface area contributed by atoms with Crippen molar-refractivity contribution in [1.82, 2.24) is 9.47 Å². The molecule has 1 aromatic heterocycles. The summed E-state index contributed by atoms with van der Waals surface area (Å²) in [5, 5.41) is 0. The van der Waals surface area contributed by atoms with Crippen LogP contribution in [0.1, 0.15) is 73.0 Å². The van der Waals surface area contributed by atoms with Gasteiger partial charge in [0.2, 0.25) is 0 Å². The molecule has 0 unspecified atom stereocenters. The van der Waals surface area contributed by atoms with Gasteiger partial charge in [-0.05, 0) is 61.7 Å². The summed E-state index contributed by atoms with van der Waals surface area (Å²) < 4.78 is 30.6. The normalized spacial score (nSPS) is 10.7. The Labute approximate surface area is 242 Å². The molecule has 0 atom stereocenters. The summed E-state index contributed by atoms with van der Waals surface area (Å²) in [6, 6.07) is 14.8. The number of esters is 1. The molecule has 0 aliphatic carbocycles. The Hall–Kier alpha value is -4.14. The minimum Gasteiger partial charge on any atom is -0.497 e. The summed E-state index contributed by atoms with van der Waals surface area (Å²) in [7, 11) is 4.95. The molecule has 0 saturated heterocycles. The standard InChI is InChI=1S/C32H42N2O7/c1-7-10-20-39-29-27(31(35)33(4)5)34(28(32(36)38-9-3)30(29)40-21-11-8-2)24-14-18-26(19-15-24)41-22-23-12-16-25(37-6)17-13-23/h12-19H,7-11,20-22H2,1-6H3. The summed E-state index contributed by atoms with van der Waals surface area (Å²) in [5.41, 5.74) is 1.88. The lowest BCUT2D eigenvalue weighted by Gasteiger charge is -2.17. The van der Waals surface area contributed by atoms with Crippen molar-refractivity contribution in [2.75, 3.05) is 41.0 Å². The molecule has 0 spiro atoms. The van der Waals surface area contributed by atoms with E-state index in [1.807, 2.05) is 24.3 Å². The van der Waals surface area contributed by atoms with Crippen LogP contribution in [0.25, 0.3) is 5.69 Å². The third-order valence-corrected chi connectivity index (χ3v) is 6.31. The molecule has 0 aliphatic rings. The van der Waals surface area contributed by atoms with Gasteiger partial charge in [-0.25, -0.2) is 4.79 Å². The van der Waals surface area contributed by atoms with Crippen molar-refractivity contribution in [2.24, 2.45) is 0 Å². The monoisotopic (exact) mass is 566 g/mol. The molecule has 0 fully saturated rings. The van der Waals surface area contributed by atoms with Crippen molar-refractivity contribution in [1.29, 1.82) is 0 Å². The van der Waals surface area contributed by atoms with E-state index in [2.05, 4.69) is 13.8 Å². The Morgan fingerprint density at radius 2 is 1.32 bits per heavy atom. The molecule has 1 amide bonds. The van der Waals surface area contributed by atoms with Crippen LogP contribution >= 0.6 is 0 Å². The maximum absolute atomic E-state index is 13.6. The Balaban J connectivity index is 2.09. The quantitative estimate of drug-likeness (QED) is 0.148. The zero-order valence-electron chi connectivity index (χ0n) is 25.0. The lowest BCUT2D eigenvalue weighted by molar-refractivity contribution is 0.0511. The molecule has 0 radical (unpaired) electrons. The van der Waals surface area contributed by atoms with Crippen LogP contribution in [0.15, 0.2) is 48.5 Å². The fourth-order valence-electron chi connectivity index (χ4n) is 4.06. The van der Waals surface area contributed by atoms with Crippen molar-refractivity contribution in [3.05, 3.63) is 65.5 Å². The predicted molar refractivity (Wildman–Crippen MR) is 158 cm³/mol. The van der Waals surface area contributed by atoms with E-state index in [1.54, 1.807) is 57.0 Å². The second kappa shape index (κ2) is 15.6. The van der Waals surface area contributed by atoms with Crippen molar-refractivity contribution >= 4 is 11.9 Å². The van der Waals surface area contributed by atoms with E-state index in [0.29, 0.717) is 31.3 Å². The number of carbonyl (C=O) groups excluding carboxylic acids is 2. The second-order valence-corrected chi connectivity index (χ2v) is 9.65. The number of benzene rings is 2. The van der Waals surface area contributed by atoms with Crippen LogP contribution in [0, 0.1) is 0 Å². The first-order chi connectivity index (χ1) is 19.9. The number of amides is 1. The smallest absolute Gasteiger partial charge is 0.359 e. The highest BCUT2D eigenvalue weighted by Gasteiger charge is 2.35. The Bertz CT molecular complexity index is 1260. The maximum atomic E-state index is 13.6. The van der Waals surface area contributed by atoms with Crippen molar-refractivity contribution in [2.45, 2.75) is 53.1 Å². The van der Waals surface area contributed by atoms with Gasteiger partial charge in [-0.1, -0.05) is 38.8 Å². The van der Waals surface area contributed by atoms with E-state index < -0.39 is 5.97 Å². The van der Waals surface area contributed by atoms with E-state index >= 15 is 0 Å². The molecule has 0 bridgehead atoms. The van der Waals surface area contributed by atoms with E-state index in [-0.39, 0.29) is 35.4 Å². The van der Waals surface area contributed by atoms with E-state index in [1.165, 1.54) is 4.90 Å². The van der Waals surface area contributed by atoms with Crippen LogP contribution in [0.2, 0.25) is 0 Å². The SMILES string of the molecule is CCCCOc1c(OCCCC)c(C(=O)N(C)C)n(-c2ccc(OCc3ccc(OC)cc3)cc2)c1C(=O)OCC. The summed E-state index contributed by atoms with van der Waals surface area (Å²) in [6.45, 7) is 7.13. The first kappa shape index (κ1) is 31.4. The van der Waals surface area contributed by atoms with Crippen LogP contribution in [0.3, 0.4) is 0 Å². The van der Waals surface area contributed by atoms with Crippen molar-refractivity contribution in [3.8, 4) is 28.7 Å². The van der Waals surface area contributed by atoms with Gasteiger partial charge in [0, 0.05) is 19.8 Å². The van der Waals surface area contributed by atoms with Gasteiger partial charge in [0.05, 0.1) is 26.9 Å². The zero-order valence-corrected chi connectivity index (χ0v) is 25.0. The fourth-order valence-corrected chi connectivity index (χ4v) is 4.06. The average molecular weight is 567 g/mol. The van der Waals surface area contributed by atoms with Gasteiger partial charge in [-0.15, -0.1) is 0 Å². The fraction of sp³-hybridized carbons (Fsp3) is 0.438. The highest BCUT2D eigenvalue weighted by atomic mass is 16.5. The highest BCUT2D eigenvalue weighted by molar-refractivity contribution is 6.02. The molecular weight excluding hydrogens is 524 g/mol. The summed E-state index contributed by atoms with van der Waals surface area (Å²) in [5.74, 6) is 0.952. The number of methoxy groups -OCH3 is 1. The van der Waals surface area contributed by atoms with Crippen LogP contribution in [-0.4, -0.2) is 62.4 Å². The molecule has 222 valence electrons. The van der Waals surface area contributed by atoms with E-state index in [0.717, 1.165) is 37.0 Å². The first-order valence-corrected chi connectivity index (χ1v) is 14.1. The summed E-state index contributed by atoms with van der Waals surface area (Å²) in [6.07, 6.45) is 3.37. The topological polar surface area (TPSA) is 88.5 Å². The highest BCUT2D eigenvalue weighted by Crippen LogP contribution is 2.42. The largest absolute Gasteiger partial charge is 0.497 e. The third kappa shape index (κ3) is 7.96. The number of nitrogens with zero attached hydrogens (tertiary/aromatic N) is 2. The molecule has 0 saturated carbocycles. The number of ether oxygens (including phenoxy) is 5. The number of carbonyl (C=O) groups is 2. The minimum atomic E-state index is -0.600. The average Bonchev–Trinajstić information content (AvgIpc) is 3.30. The third-order valence-electron chi connectivity index (χ3n) is 6.31. The lowest BCUT2D eigenvalue weighted by Crippen LogP contribution is -2.26. The second-order valence-electron chi connectivity index (χ2n) is 9.65. The molecule has 2 aromatic carbocycles. The number of aromatic nitrogens is 1. The first-order valence-electron chi connectivity index (χ1n) is 14.1. The van der Waals surface area contributed by atoms with Gasteiger partial charge in [-0.2, -0.15) is 0 Å². The van der Waals surface area contributed by atoms with Crippen LogP contribution in [0.4, 0.5) is 0 Å². The minimum absolute atomic E-state index is 0.117. The van der Waals surface area contributed by atoms with Gasteiger partial charge >= 0.3 is 5.97 Å². The number of rotatable bonds is 16. The summed E-state index contributed by atoms with van der Waals surface area (Å²) >= 11 is 0. The molecule has 0 N–H and O–H groups in total. The molecule has 9 nitrogen and oxygen atoms in total. The molecule has 3 rings (SSSR count). The van der Waals surface area contributed by atoms with Crippen LogP contribution in [-0.2, 0) is 11.3 Å². The Kier molecular flexibility index (Phi) is 11.9. The van der Waals surface area contributed by atoms with Crippen molar-refractivity contribution < 1.29 is 33.3 Å². The van der Waals surface area contributed by atoms with Gasteiger partial charge in [-0.3, -0.25) is 9.36 Å². The van der Waals surface area contributed by atoms with Gasteiger partial charge in [0.15, 0.2) is 22.9 Å². The molecular formula is C32H42N2O7. The van der Waals surface area contributed by atoms with Gasteiger partial charge < -0.3 is 28.6 Å². The Morgan fingerprint density at radius 3 is 1.83 bits per heavy atom. The molecule has 0 aliphatic heterocycles.